The summed E-state index contributed by atoms with van der Waals surface area (Å²) in [6.45, 7) is 9.72. The van der Waals surface area contributed by atoms with Gasteiger partial charge in [0.1, 0.15) is 11.9 Å². The highest BCUT2D eigenvalue weighted by atomic mass is 32.1. The number of Topliss-reactive ketones (excluding diaryl/α,β-unsaturated/α-hetero) is 1. The quantitative estimate of drug-likeness (QED) is 0.280. The van der Waals surface area contributed by atoms with E-state index in [4.69, 9.17) is 4.74 Å². The number of esters is 1. The number of rotatable bonds is 2. The Morgan fingerprint density at radius 2 is 1.89 bits per heavy atom. The van der Waals surface area contributed by atoms with Gasteiger partial charge in [-0.25, -0.2) is 4.98 Å². The third-order valence-electron chi connectivity index (χ3n) is 7.77. The number of aliphatic hydroxyl groups is 2. The molecule has 11 heteroatoms. The van der Waals surface area contributed by atoms with Crippen LogP contribution in [0.1, 0.15) is 64.6 Å². The van der Waals surface area contributed by atoms with Crippen LogP contribution in [0.15, 0.2) is 22.6 Å². The number of ether oxygens (including phenoxy) is 1. The Hall–Kier alpha value is -2.08. The summed E-state index contributed by atoms with van der Waals surface area (Å²) in [5.74, 6) is -2.69. The predicted molar refractivity (Wildman–Crippen MR) is 138 cm³/mol. The molecule has 0 aliphatic carbocycles. The van der Waals surface area contributed by atoms with Crippen LogP contribution in [0.5, 0.6) is 0 Å². The van der Waals surface area contributed by atoms with E-state index in [1.807, 2.05) is 6.92 Å². The van der Waals surface area contributed by atoms with Gasteiger partial charge < -0.3 is 20.3 Å². The number of aryl methyl sites for hydroxylation is 1. The Balaban J connectivity index is 1.98. The Bertz CT molecular complexity index is 1100. The molecule has 0 radical (unpaired) electrons. The molecular weight excluding hydrogens is 521 g/mol. The molecule has 0 saturated carbocycles. The number of hydrogen-bond acceptors (Lipinski definition) is 8. The highest BCUT2D eigenvalue weighted by Gasteiger charge is 2.49. The van der Waals surface area contributed by atoms with Gasteiger partial charge in [0.2, 0.25) is 0 Å². The second-order valence-corrected chi connectivity index (χ2v) is 12.1. The van der Waals surface area contributed by atoms with E-state index in [-0.39, 0.29) is 12.8 Å². The average molecular weight is 559 g/mol. The first kappa shape index (κ1) is 30.5. The van der Waals surface area contributed by atoms with Crippen molar-refractivity contribution >= 4 is 29.2 Å². The number of aliphatic hydroxyl groups excluding tert-OH is 2. The van der Waals surface area contributed by atoms with E-state index in [0.29, 0.717) is 11.3 Å². The fourth-order valence-electron chi connectivity index (χ4n) is 4.99. The molecule has 38 heavy (non-hydrogen) atoms. The van der Waals surface area contributed by atoms with Crippen LogP contribution in [0.2, 0.25) is 0 Å². The number of nitrogens with one attached hydrogen (secondary N) is 1. The number of halogens is 3. The molecule has 3 heterocycles. The minimum Gasteiger partial charge on any atom is -0.457 e. The van der Waals surface area contributed by atoms with E-state index in [1.54, 1.807) is 25.3 Å². The lowest BCUT2D eigenvalue weighted by Gasteiger charge is -2.34. The molecule has 1 fully saturated rings. The van der Waals surface area contributed by atoms with Crippen molar-refractivity contribution in [3.8, 4) is 0 Å². The number of alkyl halides is 3. The summed E-state index contributed by atoms with van der Waals surface area (Å²) in [6, 6.07) is -0.910. The maximum atomic E-state index is 14.0. The SMILES string of the molecule is CC(=Cc1csc(C)n1)[C@H]1C/C=C(/C(F)(F)F)CC2NC2[C@@H](C)[C@H](O)[C@@H](C)C(=O)C(C)(C)[C@@H](O)CC(=O)O1. The standard InChI is InChI=1S/C27H37F3N2O5S/c1-13(9-18-12-38-16(4)31-18)20-8-7-17(27(28,29)30)10-19-23(32-19)14(2)24(35)15(3)25(36)26(5,6)21(33)11-22(34)37-20/h7,9,12,14-15,19-21,23-24,32-33,35H,8,10-11H2,1-6H3/b13-9?,17-7+/t14-,15-,19?,20-,21+,23?,24+/m1/s1. The molecule has 0 amide bonds. The Morgan fingerprint density at radius 1 is 1.24 bits per heavy atom. The van der Waals surface area contributed by atoms with Gasteiger partial charge in [0.15, 0.2) is 0 Å². The van der Waals surface area contributed by atoms with Crippen LogP contribution < -0.4 is 5.32 Å². The van der Waals surface area contributed by atoms with Crippen LogP contribution in [0.4, 0.5) is 13.2 Å². The second-order valence-electron chi connectivity index (χ2n) is 11.1. The van der Waals surface area contributed by atoms with E-state index < -0.39 is 77.6 Å². The summed E-state index contributed by atoms with van der Waals surface area (Å²) >= 11 is 1.42. The van der Waals surface area contributed by atoms with Crippen molar-refractivity contribution in [3.63, 3.8) is 0 Å². The topological polar surface area (TPSA) is 119 Å². The Kier molecular flexibility index (Phi) is 9.28. The molecule has 0 aromatic carbocycles. The van der Waals surface area contributed by atoms with Crippen LogP contribution in [-0.4, -0.2) is 63.5 Å². The molecule has 2 unspecified atom stereocenters. The number of nitrogens with zero attached hydrogens (tertiary/aromatic N) is 1. The molecule has 1 saturated heterocycles. The normalized spacial score (nSPS) is 35.2. The first-order valence-electron chi connectivity index (χ1n) is 12.7. The molecule has 0 bridgehead atoms. The van der Waals surface area contributed by atoms with E-state index in [9.17, 15) is 33.0 Å². The van der Waals surface area contributed by atoms with Gasteiger partial charge in [-0.2, -0.15) is 13.2 Å². The molecule has 2 aliphatic rings. The van der Waals surface area contributed by atoms with Crippen molar-refractivity contribution in [1.29, 1.82) is 0 Å². The lowest BCUT2D eigenvalue weighted by atomic mass is 9.73. The second kappa shape index (κ2) is 11.6. The largest absolute Gasteiger partial charge is 0.457 e. The summed E-state index contributed by atoms with van der Waals surface area (Å²) < 4.78 is 47.4. The van der Waals surface area contributed by atoms with Crippen LogP contribution in [0.25, 0.3) is 6.08 Å². The van der Waals surface area contributed by atoms with E-state index in [2.05, 4.69) is 10.3 Å². The van der Waals surface area contributed by atoms with E-state index in [1.165, 1.54) is 32.1 Å². The zero-order valence-corrected chi connectivity index (χ0v) is 23.3. The van der Waals surface area contributed by atoms with Crippen LogP contribution in [0.3, 0.4) is 0 Å². The molecule has 1 aromatic heterocycles. The molecule has 3 N–H and O–H groups in total. The number of carbonyl (C=O) groups is 2. The molecule has 0 spiro atoms. The lowest BCUT2D eigenvalue weighted by Crippen LogP contribution is -2.46. The first-order chi connectivity index (χ1) is 17.5. The number of aromatic nitrogens is 1. The maximum Gasteiger partial charge on any atom is 0.412 e. The Morgan fingerprint density at radius 3 is 2.47 bits per heavy atom. The van der Waals surface area contributed by atoms with Crippen LogP contribution in [0, 0.1) is 24.2 Å². The van der Waals surface area contributed by atoms with Crippen molar-refractivity contribution in [2.24, 2.45) is 17.3 Å². The summed E-state index contributed by atoms with van der Waals surface area (Å²) in [7, 11) is 0. The molecule has 2 aliphatic heterocycles. The van der Waals surface area contributed by atoms with Crippen molar-refractivity contribution in [2.75, 3.05) is 0 Å². The molecule has 3 rings (SSSR count). The highest BCUT2D eigenvalue weighted by Crippen LogP contribution is 2.38. The summed E-state index contributed by atoms with van der Waals surface area (Å²) in [5, 5.41) is 27.3. The summed E-state index contributed by atoms with van der Waals surface area (Å²) in [4.78, 5) is 30.4. The first-order valence-corrected chi connectivity index (χ1v) is 13.6. The van der Waals surface area contributed by atoms with Gasteiger partial charge in [0.05, 0.1) is 34.7 Å². The van der Waals surface area contributed by atoms with E-state index in [0.717, 1.165) is 11.1 Å². The van der Waals surface area contributed by atoms with Crippen molar-refractivity contribution in [3.05, 3.63) is 33.3 Å². The minimum atomic E-state index is -4.59. The van der Waals surface area contributed by atoms with Gasteiger partial charge in [-0.05, 0) is 37.8 Å². The zero-order chi connectivity index (χ0) is 28.6. The smallest absolute Gasteiger partial charge is 0.412 e. The average Bonchev–Trinajstić information content (AvgIpc) is 3.48. The van der Waals surface area contributed by atoms with E-state index >= 15 is 0 Å². The molecule has 7 nitrogen and oxygen atoms in total. The number of fused-ring (bicyclic) bond motifs is 1. The van der Waals surface area contributed by atoms with Crippen molar-refractivity contribution < 1.29 is 37.7 Å². The summed E-state index contributed by atoms with van der Waals surface area (Å²) in [5.41, 5.74) is -1.02. The Labute approximate surface area is 225 Å². The third kappa shape index (κ3) is 7.11. The highest BCUT2D eigenvalue weighted by molar-refractivity contribution is 7.09. The predicted octanol–water partition coefficient (Wildman–Crippen LogP) is 4.37. The number of thiazole rings is 1. The molecular formula is C27H37F3N2O5S. The zero-order valence-electron chi connectivity index (χ0n) is 22.5. The molecule has 212 valence electrons. The van der Waals surface area contributed by atoms with Gasteiger partial charge in [-0.3, -0.25) is 9.59 Å². The van der Waals surface area contributed by atoms with Gasteiger partial charge in [-0.15, -0.1) is 11.3 Å². The fourth-order valence-corrected chi connectivity index (χ4v) is 5.56. The van der Waals surface area contributed by atoms with Crippen molar-refractivity contribution in [1.82, 2.24) is 10.3 Å². The molecule has 7 atom stereocenters. The van der Waals surface area contributed by atoms with Crippen LogP contribution in [-0.2, 0) is 14.3 Å². The monoisotopic (exact) mass is 558 g/mol. The number of hydrogen-bond donors (Lipinski definition) is 3. The maximum absolute atomic E-state index is 14.0. The third-order valence-corrected chi connectivity index (χ3v) is 8.56. The van der Waals surface area contributed by atoms with Gasteiger partial charge in [0.25, 0.3) is 0 Å². The molecule has 1 aromatic rings. The van der Waals surface area contributed by atoms with Crippen LogP contribution >= 0.6 is 11.3 Å². The fraction of sp³-hybridized carbons (Fsp3) is 0.667. The van der Waals surface area contributed by atoms with Gasteiger partial charge >= 0.3 is 12.1 Å². The lowest BCUT2D eigenvalue weighted by molar-refractivity contribution is -0.154. The summed E-state index contributed by atoms with van der Waals surface area (Å²) in [6.07, 6.45) is -6.53. The van der Waals surface area contributed by atoms with Crippen molar-refractivity contribution in [2.45, 2.75) is 97.4 Å². The van der Waals surface area contributed by atoms with Gasteiger partial charge in [0, 0.05) is 35.4 Å². The number of cyclic esters (lactones) is 1. The number of ketones is 1. The minimum absolute atomic E-state index is 0.225. The number of carbonyl (C=O) groups excluding carboxylic acids is 2. The van der Waals surface area contributed by atoms with Gasteiger partial charge in [-0.1, -0.05) is 33.8 Å².